The SMILES string of the molecule is CC1CC(Oc2nccc(C(N)=S)n2)CC(C)(C)C1. The first-order chi connectivity index (χ1) is 8.85. The van der Waals surface area contributed by atoms with Gasteiger partial charge in [0.15, 0.2) is 0 Å². The molecule has 0 spiro atoms. The zero-order valence-corrected chi connectivity index (χ0v) is 12.5. The lowest BCUT2D eigenvalue weighted by Crippen LogP contribution is -2.34. The first-order valence-electron chi connectivity index (χ1n) is 6.65. The van der Waals surface area contributed by atoms with Gasteiger partial charge in [-0.3, -0.25) is 0 Å². The zero-order chi connectivity index (χ0) is 14.0. The highest BCUT2D eigenvalue weighted by Crippen LogP contribution is 2.39. The summed E-state index contributed by atoms with van der Waals surface area (Å²) < 4.78 is 5.91. The number of thiocarbonyl (C=S) groups is 1. The van der Waals surface area contributed by atoms with Gasteiger partial charge in [0.2, 0.25) is 0 Å². The Balaban J connectivity index is 2.08. The number of rotatable bonds is 3. The van der Waals surface area contributed by atoms with Crippen molar-refractivity contribution in [2.24, 2.45) is 17.1 Å². The van der Waals surface area contributed by atoms with Gasteiger partial charge in [-0.25, -0.2) is 4.98 Å². The Kier molecular flexibility index (Phi) is 4.04. The Bertz CT molecular complexity index is 476. The zero-order valence-electron chi connectivity index (χ0n) is 11.7. The van der Waals surface area contributed by atoms with Crippen LogP contribution in [0.15, 0.2) is 12.3 Å². The molecule has 0 aromatic carbocycles. The van der Waals surface area contributed by atoms with Crippen molar-refractivity contribution < 1.29 is 4.74 Å². The van der Waals surface area contributed by atoms with Crippen LogP contribution in [-0.4, -0.2) is 21.1 Å². The summed E-state index contributed by atoms with van der Waals surface area (Å²) in [7, 11) is 0. The minimum atomic E-state index is 0.167. The molecule has 2 rings (SSSR count). The predicted molar refractivity (Wildman–Crippen MR) is 79.1 cm³/mol. The van der Waals surface area contributed by atoms with E-state index >= 15 is 0 Å². The molecule has 1 aliphatic carbocycles. The molecular weight excluding hydrogens is 258 g/mol. The van der Waals surface area contributed by atoms with Crippen LogP contribution >= 0.6 is 12.2 Å². The standard InChI is InChI=1S/C14H21N3OS/c1-9-6-10(8-14(2,3)7-9)18-13-16-5-4-11(17-13)12(15)19/h4-5,9-10H,6-8H2,1-3H3,(H2,15,19). The summed E-state index contributed by atoms with van der Waals surface area (Å²) in [5.74, 6) is 0.660. The highest BCUT2D eigenvalue weighted by molar-refractivity contribution is 7.80. The predicted octanol–water partition coefficient (Wildman–Crippen LogP) is 2.70. The maximum absolute atomic E-state index is 5.91. The Morgan fingerprint density at radius 2 is 2.21 bits per heavy atom. The average Bonchev–Trinajstić information content (AvgIpc) is 2.26. The third-order valence-electron chi connectivity index (χ3n) is 3.50. The minimum Gasteiger partial charge on any atom is -0.460 e. The summed E-state index contributed by atoms with van der Waals surface area (Å²) in [6.45, 7) is 6.83. The van der Waals surface area contributed by atoms with Gasteiger partial charge in [-0.2, -0.15) is 4.98 Å². The lowest BCUT2D eigenvalue weighted by Gasteiger charge is -2.38. The molecule has 0 amide bonds. The Morgan fingerprint density at radius 1 is 1.47 bits per heavy atom. The summed E-state index contributed by atoms with van der Waals surface area (Å²) >= 11 is 4.91. The number of hydrogen-bond acceptors (Lipinski definition) is 4. The van der Waals surface area contributed by atoms with Crippen LogP contribution in [0.1, 0.15) is 45.7 Å². The molecule has 1 fully saturated rings. The molecule has 0 aliphatic heterocycles. The third-order valence-corrected chi connectivity index (χ3v) is 3.71. The van der Waals surface area contributed by atoms with Gasteiger partial charge in [0.05, 0.1) is 0 Å². The van der Waals surface area contributed by atoms with E-state index < -0.39 is 0 Å². The number of nitrogens with two attached hydrogens (primary N) is 1. The summed E-state index contributed by atoms with van der Waals surface area (Å²) in [5.41, 5.74) is 6.43. The first-order valence-corrected chi connectivity index (χ1v) is 7.06. The van der Waals surface area contributed by atoms with Crippen molar-refractivity contribution in [1.29, 1.82) is 0 Å². The fourth-order valence-corrected chi connectivity index (χ4v) is 3.15. The van der Waals surface area contributed by atoms with Gasteiger partial charge in [-0.05, 0) is 36.7 Å². The lowest BCUT2D eigenvalue weighted by molar-refractivity contribution is 0.0499. The lowest BCUT2D eigenvalue weighted by atomic mass is 9.71. The second kappa shape index (κ2) is 5.41. The van der Waals surface area contributed by atoms with Gasteiger partial charge < -0.3 is 10.5 Å². The van der Waals surface area contributed by atoms with E-state index in [0.29, 0.717) is 23.0 Å². The Hall–Kier alpha value is -1.23. The molecule has 104 valence electrons. The topological polar surface area (TPSA) is 61.0 Å². The molecule has 1 aromatic heterocycles. The van der Waals surface area contributed by atoms with Crippen molar-refractivity contribution >= 4 is 17.2 Å². The summed E-state index contributed by atoms with van der Waals surface area (Å²) in [4.78, 5) is 8.65. The molecule has 2 atom stereocenters. The first kappa shape index (κ1) is 14.2. The third kappa shape index (κ3) is 3.86. The van der Waals surface area contributed by atoms with Gasteiger partial charge in [0, 0.05) is 6.20 Å². The normalized spacial score (nSPS) is 25.8. The van der Waals surface area contributed by atoms with Gasteiger partial charge >= 0.3 is 6.01 Å². The fraction of sp³-hybridized carbons (Fsp3) is 0.643. The van der Waals surface area contributed by atoms with Crippen LogP contribution in [0, 0.1) is 11.3 Å². The van der Waals surface area contributed by atoms with Crippen LogP contribution < -0.4 is 10.5 Å². The van der Waals surface area contributed by atoms with Crippen molar-refractivity contribution in [3.05, 3.63) is 18.0 Å². The van der Waals surface area contributed by atoms with Gasteiger partial charge in [0.25, 0.3) is 0 Å². The van der Waals surface area contributed by atoms with E-state index in [9.17, 15) is 0 Å². The molecule has 1 aromatic rings. The van der Waals surface area contributed by atoms with E-state index in [-0.39, 0.29) is 11.1 Å². The second-order valence-corrected chi connectivity index (χ2v) is 6.68. The van der Waals surface area contributed by atoms with Crippen molar-refractivity contribution in [1.82, 2.24) is 9.97 Å². The molecule has 0 radical (unpaired) electrons. The summed E-state index contributed by atoms with van der Waals surface area (Å²) in [6.07, 6.45) is 5.11. The molecule has 2 N–H and O–H groups in total. The minimum absolute atomic E-state index is 0.167. The number of ether oxygens (including phenoxy) is 1. The van der Waals surface area contributed by atoms with Crippen LogP contribution in [0.2, 0.25) is 0 Å². The average molecular weight is 279 g/mol. The highest BCUT2D eigenvalue weighted by atomic mass is 32.1. The smallest absolute Gasteiger partial charge is 0.317 e. The Labute approximate surface area is 119 Å². The number of hydrogen-bond donors (Lipinski definition) is 1. The van der Waals surface area contributed by atoms with Crippen molar-refractivity contribution in [2.75, 3.05) is 0 Å². The Morgan fingerprint density at radius 3 is 2.84 bits per heavy atom. The van der Waals surface area contributed by atoms with Crippen LogP contribution in [0.5, 0.6) is 6.01 Å². The fourth-order valence-electron chi connectivity index (χ4n) is 3.03. The monoisotopic (exact) mass is 279 g/mol. The van der Waals surface area contributed by atoms with Crippen LogP contribution in [0.3, 0.4) is 0 Å². The molecular formula is C14H21N3OS. The maximum atomic E-state index is 5.91. The van der Waals surface area contributed by atoms with Crippen LogP contribution in [-0.2, 0) is 0 Å². The number of aromatic nitrogens is 2. The van der Waals surface area contributed by atoms with E-state index in [2.05, 4.69) is 30.7 Å². The van der Waals surface area contributed by atoms with Crippen molar-refractivity contribution in [2.45, 2.75) is 46.1 Å². The second-order valence-electron chi connectivity index (χ2n) is 6.24. The molecule has 1 aliphatic rings. The largest absolute Gasteiger partial charge is 0.460 e. The van der Waals surface area contributed by atoms with Gasteiger partial charge in [0.1, 0.15) is 16.8 Å². The van der Waals surface area contributed by atoms with Gasteiger partial charge in [-0.15, -0.1) is 0 Å². The van der Waals surface area contributed by atoms with Crippen molar-refractivity contribution in [3.8, 4) is 6.01 Å². The number of nitrogens with zero attached hydrogens (tertiary/aromatic N) is 2. The van der Waals surface area contributed by atoms with E-state index in [0.717, 1.165) is 12.8 Å². The van der Waals surface area contributed by atoms with E-state index in [1.165, 1.54) is 6.42 Å². The highest BCUT2D eigenvalue weighted by Gasteiger charge is 2.33. The van der Waals surface area contributed by atoms with Crippen molar-refractivity contribution in [3.63, 3.8) is 0 Å². The summed E-state index contributed by atoms with van der Waals surface area (Å²) in [6, 6.07) is 2.07. The van der Waals surface area contributed by atoms with Crippen LogP contribution in [0.25, 0.3) is 0 Å². The molecule has 0 saturated heterocycles. The molecule has 4 nitrogen and oxygen atoms in total. The van der Waals surface area contributed by atoms with E-state index in [4.69, 9.17) is 22.7 Å². The molecule has 2 unspecified atom stereocenters. The van der Waals surface area contributed by atoms with Gasteiger partial charge in [-0.1, -0.05) is 33.0 Å². The maximum Gasteiger partial charge on any atom is 0.317 e. The molecule has 0 bridgehead atoms. The van der Waals surface area contributed by atoms with Crippen LogP contribution in [0.4, 0.5) is 0 Å². The molecule has 5 heteroatoms. The summed E-state index contributed by atoms with van der Waals surface area (Å²) in [5, 5.41) is 0. The quantitative estimate of drug-likeness (QED) is 0.862. The molecule has 1 saturated carbocycles. The van der Waals surface area contributed by atoms with E-state index in [1.54, 1.807) is 12.3 Å². The molecule has 19 heavy (non-hydrogen) atoms. The van der Waals surface area contributed by atoms with E-state index in [1.807, 2.05) is 0 Å². The molecule has 1 heterocycles.